The highest BCUT2D eigenvalue weighted by atomic mass is 19.1. The molecule has 0 fully saturated rings. The second-order valence-electron chi connectivity index (χ2n) is 4.95. The van der Waals surface area contributed by atoms with Crippen molar-refractivity contribution in [1.29, 1.82) is 0 Å². The first-order valence-corrected chi connectivity index (χ1v) is 6.61. The highest BCUT2D eigenvalue weighted by Crippen LogP contribution is 2.27. The molecule has 0 unspecified atom stereocenters. The van der Waals surface area contributed by atoms with E-state index in [2.05, 4.69) is 24.1 Å². The summed E-state index contributed by atoms with van der Waals surface area (Å²) in [5.74, 6) is 0.458. The van der Waals surface area contributed by atoms with Crippen molar-refractivity contribution in [2.45, 2.75) is 26.4 Å². The molecular weight excluding hydrogens is 255 g/mol. The third kappa shape index (κ3) is 3.54. The van der Waals surface area contributed by atoms with E-state index in [-0.39, 0.29) is 5.82 Å². The van der Waals surface area contributed by atoms with Crippen LogP contribution in [-0.4, -0.2) is 18.1 Å². The molecule has 1 aromatic carbocycles. The van der Waals surface area contributed by atoms with Crippen LogP contribution in [0.15, 0.2) is 36.7 Å². The van der Waals surface area contributed by atoms with Gasteiger partial charge in [0.15, 0.2) is 0 Å². The van der Waals surface area contributed by atoms with Crippen molar-refractivity contribution in [3.63, 3.8) is 0 Å². The van der Waals surface area contributed by atoms with Crippen LogP contribution < -0.4 is 10.1 Å². The van der Waals surface area contributed by atoms with Crippen LogP contribution >= 0.6 is 0 Å². The van der Waals surface area contributed by atoms with Crippen molar-refractivity contribution < 1.29 is 9.13 Å². The first kappa shape index (κ1) is 14.5. The van der Waals surface area contributed by atoms with E-state index >= 15 is 0 Å². The molecule has 4 heteroatoms. The molecule has 0 amide bonds. The van der Waals surface area contributed by atoms with E-state index in [0.29, 0.717) is 12.6 Å². The zero-order valence-electron chi connectivity index (χ0n) is 12.0. The molecule has 3 nitrogen and oxygen atoms in total. The highest BCUT2D eigenvalue weighted by Gasteiger charge is 2.08. The number of rotatable bonds is 5. The molecule has 0 saturated carbocycles. The molecule has 106 valence electrons. The van der Waals surface area contributed by atoms with Crippen LogP contribution in [0.1, 0.15) is 19.4 Å². The van der Waals surface area contributed by atoms with Crippen LogP contribution in [0.4, 0.5) is 4.39 Å². The third-order valence-electron chi connectivity index (χ3n) is 3.03. The average Bonchev–Trinajstić information content (AvgIpc) is 2.44. The van der Waals surface area contributed by atoms with Gasteiger partial charge in [0.2, 0.25) is 0 Å². The van der Waals surface area contributed by atoms with E-state index in [4.69, 9.17) is 4.74 Å². The van der Waals surface area contributed by atoms with Gasteiger partial charge in [0, 0.05) is 24.3 Å². The summed E-state index contributed by atoms with van der Waals surface area (Å²) in [7, 11) is 1.64. The number of nitrogens with one attached hydrogen (secondary N) is 1. The molecule has 20 heavy (non-hydrogen) atoms. The van der Waals surface area contributed by atoms with Gasteiger partial charge in [-0.3, -0.25) is 4.98 Å². The van der Waals surface area contributed by atoms with Crippen molar-refractivity contribution in [2.75, 3.05) is 7.11 Å². The molecule has 0 aliphatic rings. The van der Waals surface area contributed by atoms with Crippen molar-refractivity contribution in [2.24, 2.45) is 0 Å². The highest BCUT2D eigenvalue weighted by molar-refractivity contribution is 5.67. The zero-order chi connectivity index (χ0) is 14.5. The van der Waals surface area contributed by atoms with Gasteiger partial charge < -0.3 is 10.1 Å². The monoisotopic (exact) mass is 274 g/mol. The second-order valence-corrected chi connectivity index (χ2v) is 4.95. The summed E-state index contributed by atoms with van der Waals surface area (Å²) in [6.07, 6.45) is 2.88. The van der Waals surface area contributed by atoms with Crippen molar-refractivity contribution >= 4 is 0 Å². The maximum Gasteiger partial charge on any atom is 0.142 e. The number of hydrogen-bond acceptors (Lipinski definition) is 3. The Kier molecular flexibility index (Phi) is 4.69. The molecule has 0 aliphatic heterocycles. The van der Waals surface area contributed by atoms with Gasteiger partial charge in [0.25, 0.3) is 0 Å². The van der Waals surface area contributed by atoms with Gasteiger partial charge in [-0.15, -0.1) is 0 Å². The topological polar surface area (TPSA) is 34.1 Å². The number of hydrogen-bond donors (Lipinski definition) is 1. The van der Waals surface area contributed by atoms with Crippen LogP contribution in [0.5, 0.6) is 5.75 Å². The number of aromatic nitrogens is 1. The third-order valence-corrected chi connectivity index (χ3v) is 3.03. The Hall–Kier alpha value is -1.94. The lowest BCUT2D eigenvalue weighted by Gasteiger charge is -2.14. The number of ether oxygens (including phenoxy) is 1. The molecule has 2 aromatic rings. The molecule has 1 heterocycles. The van der Waals surface area contributed by atoms with Crippen LogP contribution in [-0.2, 0) is 6.54 Å². The van der Waals surface area contributed by atoms with E-state index < -0.39 is 0 Å². The summed E-state index contributed by atoms with van der Waals surface area (Å²) < 4.78 is 18.6. The van der Waals surface area contributed by atoms with E-state index in [0.717, 1.165) is 22.4 Å². The summed E-state index contributed by atoms with van der Waals surface area (Å²) in [6.45, 7) is 4.87. The van der Waals surface area contributed by atoms with Gasteiger partial charge in [0.1, 0.15) is 11.6 Å². The first-order chi connectivity index (χ1) is 9.60. The summed E-state index contributed by atoms with van der Waals surface area (Å²) in [5.41, 5.74) is 2.80. The minimum absolute atomic E-state index is 0.332. The lowest BCUT2D eigenvalue weighted by Crippen LogP contribution is -2.22. The minimum Gasteiger partial charge on any atom is -0.497 e. The fourth-order valence-electron chi connectivity index (χ4n) is 2.00. The standard InChI is InChI=1S/C16H19FN2O/c1-11(2)19-9-13-7-15(20-3)4-5-16(13)12-6-14(17)10-18-8-12/h4-8,10-11,19H,9H2,1-3H3. The fourth-order valence-corrected chi connectivity index (χ4v) is 2.00. The number of methoxy groups -OCH3 is 1. The van der Waals surface area contributed by atoms with Crippen LogP contribution in [0, 0.1) is 5.82 Å². The van der Waals surface area contributed by atoms with Crippen LogP contribution in [0.3, 0.4) is 0 Å². The summed E-state index contributed by atoms with van der Waals surface area (Å²) in [6, 6.07) is 7.65. The molecule has 1 aromatic heterocycles. The molecule has 2 rings (SSSR count). The summed E-state index contributed by atoms with van der Waals surface area (Å²) >= 11 is 0. The lowest BCUT2D eigenvalue weighted by molar-refractivity contribution is 0.414. The Morgan fingerprint density at radius 1 is 1.25 bits per heavy atom. The van der Waals surface area contributed by atoms with Gasteiger partial charge >= 0.3 is 0 Å². The molecule has 0 aliphatic carbocycles. The Bertz CT molecular complexity index is 584. The van der Waals surface area contributed by atoms with Gasteiger partial charge in [-0.1, -0.05) is 19.9 Å². The number of halogens is 1. The molecule has 0 bridgehead atoms. The summed E-state index contributed by atoms with van der Waals surface area (Å²) in [4.78, 5) is 3.91. The predicted octanol–water partition coefficient (Wildman–Crippen LogP) is 3.39. The van der Waals surface area contributed by atoms with E-state index in [9.17, 15) is 4.39 Å². The van der Waals surface area contributed by atoms with Crippen LogP contribution in [0.2, 0.25) is 0 Å². The maximum atomic E-state index is 13.3. The molecule has 0 saturated heterocycles. The van der Waals surface area contributed by atoms with Crippen molar-refractivity contribution in [1.82, 2.24) is 10.3 Å². The van der Waals surface area contributed by atoms with Crippen molar-refractivity contribution in [3.8, 4) is 16.9 Å². The van der Waals surface area contributed by atoms with Crippen molar-refractivity contribution in [3.05, 3.63) is 48.0 Å². The van der Waals surface area contributed by atoms with E-state index in [1.165, 1.54) is 12.3 Å². The zero-order valence-corrected chi connectivity index (χ0v) is 12.0. The number of pyridine rings is 1. The first-order valence-electron chi connectivity index (χ1n) is 6.61. The van der Waals surface area contributed by atoms with Gasteiger partial charge in [-0.05, 0) is 29.3 Å². The Labute approximate surface area is 118 Å². The molecule has 0 spiro atoms. The van der Waals surface area contributed by atoms with Gasteiger partial charge in [0.05, 0.1) is 13.3 Å². The quantitative estimate of drug-likeness (QED) is 0.907. The smallest absolute Gasteiger partial charge is 0.142 e. The summed E-state index contributed by atoms with van der Waals surface area (Å²) in [5, 5.41) is 3.37. The molecule has 0 radical (unpaired) electrons. The maximum absolute atomic E-state index is 13.3. The normalized spacial score (nSPS) is 10.8. The molecule has 0 atom stereocenters. The average molecular weight is 274 g/mol. The molecule has 1 N–H and O–H groups in total. The van der Waals surface area contributed by atoms with E-state index in [1.54, 1.807) is 13.3 Å². The Morgan fingerprint density at radius 3 is 2.70 bits per heavy atom. The minimum atomic E-state index is -0.332. The Balaban J connectivity index is 2.40. The largest absolute Gasteiger partial charge is 0.497 e. The van der Waals surface area contributed by atoms with Gasteiger partial charge in [-0.25, -0.2) is 4.39 Å². The predicted molar refractivity (Wildman–Crippen MR) is 78.2 cm³/mol. The second kappa shape index (κ2) is 6.48. The SMILES string of the molecule is COc1ccc(-c2cncc(F)c2)c(CNC(C)C)c1. The van der Waals surface area contributed by atoms with Gasteiger partial charge in [-0.2, -0.15) is 0 Å². The lowest BCUT2D eigenvalue weighted by atomic mass is 10.0. The Morgan fingerprint density at radius 2 is 2.05 bits per heavy atom. The van der Waals surface area contributed by atoms with E-state index in [1.807, 2.05) is 18.2 Å². The number of benzene rings is 1. The number of nitrogens with zero attached hydrogens (tertiary/aromatic N) is 1. The molecular formula is C16H19FN2O. The van der Waals surface area contributed by atoms with Crippen LogP contribution in [0.25, 0.3) is 11.1 Å². The fraction of sp³-hybridized carbons (Fsp3) is 0.312.